The maximum atomic E-state index is 13.0. The van der Waals surface area contributed by atoms with Gasteiger partial charge in [0.2, 0.25) is 10.0 Å². The van der Waals surface area contributed by atoms with Crippen molar-refractivity contribution in [2.75, 3.05) is 6.54 Å². The third-order valence-corrected chi connectivity index (χ3v) is 6.48. The van der Waals surface area contributed by atoms with E-state index in [2.05, 4.69) is 9.97 Å². The first-order chi connectivity index (χ1) is 13.0. The zero-order chi connectivity index (χ0) is 18.9. The standard InChI is InChI=1S/C19H20N4O3S/c1-15-4-6-17(7-5-15)27(24,25)23-10-9-22-14-21-18(19(22)12-23)13-26-16-3-2-8-20-11-16/h2-8,11,14H,9-10,12-13H2,1H3. The van der Waals surface area contributed by atoms with Gasteiger partial charge in [-0.25, -0.2) is 13.4 Å². The zero-order valence-corrected chi connectivity index (χ0v) is 15.8. The average molecular weight is 384 g/mol. The fourth-order valence-corrected chi connectivity index (χ4v) is 4.45. The number of aryl methyl sites for hydroxylation is 1. The van der Waals surface area contributed by atoms with Gasteiger partial charge >= 0.3 is 0 Å². The molecule has 0 amide bonds. The summed E-state index contributed by atoms with van der Waals surface area (Å²) in [6, 6.07) is 10.6. The van der Waals surface area contributed by atoms with Gasteiger partial charge < -0.3 is 9.30 Å². The molecule has 2 aromatic heterocycles. The summed E-state index contributed by atoms with van der Waals surface area (Å²) in [5.41, 5.74) is 2.63. The van der Waals surface area contributed by atoms with Gasteiger partial charge in [0, 0.05) is 19.3 Å². The molecule has 0 atom stereocenters. The van der Waals surface area contributed by atoms with Crippen LogP contribution in [-0.2, 0) is 29.7 Å². The molecule has 27 heavy (non-hydrogen) atoms. The van der Waals surface area contributed by atoms with E-state index in [0.717, 1.165) is 17.0 Å². The van der Waals surface area contributed by atoms with Crippen LogP contribution in [0.15, 0.2) is 60.0 Å². The smallest absolute Gasteiger partial charge is 0.243 e. The largest absolute Gasteiger partial charge is 0.486 e. The lowest BCUT2D eigenvalue weighted by Crippen LogP contribution is -2.38. The number of nitrogens with zero attached hydrogens (tertiary/aromatic N) is 4. The summed E-state index contributed by atoms with van der Waals surface area (Å²) in [4.78, 5) is 8.74. The topological polar surface area (TPSA) is 77.3 Å². The molecule has 8 heteroatoms. The van der Waals surface area contributed by atoms with E-state index in [-0.39, 0.29) is 13.2 Å². The molecule has 140 valence electrons. The third kappa shape index (κ3) is 3.58. The molecule has 0 radical (unpaired) electrons. The van der Waals surface area contributed by atoms with Crippen molar-refractivity contribution in [1.29, 1.82) is 0 Å². The maximum Gasteiger partial charge on any atom is 0.243 e. The van der Waals surface area contributed by atoms with E-state index in [1.807, 2.05) is 29.7 Å². The lowest BCUT2D eigenvalue weighted by atomic mass is 10.2. The van der Waals surface area contributed by atoms with Crippen molar-refractivity contribution in [3.8, 4) is 5.75 Å². The van der Waals surface area contributed by atoms with Gasteiger partial charge in [-0.3, -0.25) is 4.98 Å². The van der Waals surface area contributed by atoms with E-state index in [4.69, 9.17) is 4.74 Å². The van der Waals surface area contributed by atoms with Crippen LogP contribution in [0.1, 0.15) is 17.0 Å². The molecule has 0 saturated carbocycles. The Morgan fingerprint density at radius 2 is 1.96 bits per heavy atom. The van der Waals surface area contributed by atoms with Crippen LogP contribution in [-0.4, -0.2) is 33.8 Å². The average Bonchev–Trinajstić information content (AvgIpc) is 3.10. The van der Waals surface area contributed by atoms with Crippen LogP contribution in [0.5, 0.6) is 5.75 Å². The Morgan fingerprint density at radius 3 is 2.70 bits per heavy atom. The highest BCUT2D eigenvalue weighted by molar-refractivity contribution is 7.89. The van der Waals surface area contributed by atoms with Gasteiger partial charge in [0.05, 0.1) is 29.7 Å². The first kappa shape index (κ1) is 17.7. The van der Waals surface area contributed by atoms with Crippen molar-refractivity contribution in [3.63, 3.8) is 0 Å². The SMILES string of the molecule is Cc1ccc(S(=O)(=O)N2CCn3cnc(COc4cccnc4)c3C2)cc1. The van der Waals surface area contributed by atoms with Gasteiger partial charge in [-0.15, -0.1) is 0 Å². The molecule has 0 saturated heterocycles. The number of benzene rings is 1. The lowest BCUT2D eigenvalue weighted by Gasteiger charge is -2.28. The molecule has 4 rings (SSSR count). The minimum atomic E-state index is -3.54. The van der Waals surface area contributed by atoms with Crippen molar-refractivity contribution in [3.05, 3.63) is 72.1 Å². The molecule has 1 aliphatic rings. The summed E-state index contributed by atoms with van der Waals surface area (Å²) in [7, 11) is -3.54. The Labute approximate surface area is 158 Å². The van der Waals surface area contributed by atoms with Crippen molar-refractivity contribution in [2.45, 2.75) is 31.5 Å². The summed E-state index contributed by atoms with van der Waals surface area (Å²) >= 11 is 0. The highest BCUT2D eigenvalue weighted by Gasteiger charge is 2.30. The van der Waals surface area contributed by atoms with Crippen molar-refractivity contribution < 1.29 is 13.2 Å². The molecule has 0 fully saturated rings. The van der Waals surface area contributed by atoms with Crippen molar-refractivity contribution in [1.82, 2.24) is 18.8 Å². The van der Waals surface area contributed by atoms with E-state index in [1.54, 1.807) is 36.9 Å². The first-order valence-corrected chi connectivity index (χ1v) is 10.1. The number of rotatable bonds is 5. The fraction of sp³-hybridized carbons (Fsp3) is 0.263. The highest BCUT2D eigenvalue weighted by Crippen LogP contribution is 2.24. The molecular formula is C19H20N4O3S. The molecular weight excluding hydrogens is 364 g/mol. The summed E-state index contributed by atoms with van der Waals surface area (Å²) < 4.78 is 35.2. The Morgan fingerprint density at radius 1 is 1.15 bits per heavy atom. The molecule has 7 nitrogen and oxygen atoms in total. The first-order valence-electron chi connectivity index (χ1n) is 8.66. The number of imidazole rings is 1. The monoisotopic (exact) mass is 384 g/mol. The van der Waals surface area contributed by atoms with Crippen LogP contribution >= 0.6 is 0 Å². The predicted octanol–water partition coefficient (Wildman–Crippen LogP) is 2.37. The van der Waals surface area contributed by atoms with Crippen molar-refractivity contribution >= 4 is 10.0 Å². The van der Waals surface area contributed by atoms with Crippen LogP contribution in [0.25, 0.3) is 0 Å². The van der Waals surface area contributed by atoms with E-state index in [0.29, 0.717) is 23.7 Å². The van der Waals surface area contributed by atoms with Crippen LogP contribution in [0, 0.1) is 6.92 Å². The second kappa shape index (κ2) is 7.13. The van der Waals surface area contributed by atoms with Gasteiger partial charge in [-0.2, -0.15) is 4.31 Å². The Hall–Kier alpha value is -2.71. The molecule has 0 spiro atoms. The third-order valence-electron chi connectivity index (χ3n) is 4.62. The van der Waals surface area contributed by atoms with E-state index in [1.165, 1.54) is 4.31 Å². The number of aromatic nitrogens is 3. The molecule has 1 aromatic carbocycles. The Balaban J connectivity index is 1.54. The normalized spacial score (nSPS) is 14.7. The number of pyridine rings is 1. The second-order valence-electron chi connectivity index (χ2n) is 6.46. The Bertz CT molecular complexity index is 1030. The second-order valence-corrected chi connectivity index (χ2v) is 8.40. The molecule has 3 heterocycles. The number of ether oxygens (including phenoxy) is 1. The number of hydrogen-bond acceptors (Lipinski definition) is 5. The summed E-state index contributed by atoms with van der Waals surface area (Å²) in [6.07, 6.45) is 5.06. The van der Waals surface area contributed by atoms with Crippen LogP contribution < -0.4 is 4.74 Å². The molecule has 3 aromatic rings. The number of sulfonamides is 1. The minimum Gasteiger partial charge on any atom is -0.486 e. The van der Waals surface area contributed by atoms with E-state index >= 15 is 0 Å². The van der Waals surface area contributed by atoms with Gasteiger partial charge in [-0.05, 0) is 31.2 Å². The van der Waals surface area contributed by atoms with Crippen LogP contribution in [0.2, 0.25) is 0 Å². The highest BCUT2D eigenvalue weighted by atomic mass is 32.2. The van der Waals surface area contributed by atoms with E-state index in [9.17, 15) is 8.42 Å². The fourth-order valence-electron chi connectivity index (χ4n) is 3.06. The molecule has 1 aliphatic heterocycles. The lowest BCUT2D eigenvalue weighted by molar-refractivity contribution is 0.291. The minimum absolute atomic E-state index is 0.270. The summed E-state index contributed by atoms with van der Waals surface area (Å²) in [5, 5.41) is 0. The summed E-state index contributed by atoms with van der Waals surface area (Å²) in [6.45, 7) is 3.47. The molecule has 0 bridgehead atoms. The predicted molar refractivity (Wildman–Crippen MR) is 99.6 cm³/mol. The van der Waals surface area contributed by atoms with Crippen LogP contribution in [0.3, 0.4) is 0 Å². The molecule has 0 aliphatic carbocycles. The Kier molecular flexibility index (Phi) is 4.67. The number of hydrogen-bond donors (Lipinski definition) is 0. The van der Waals surface area contributed by atoms with Gasteiger partial charge in [0.1, 0.15) is 18.1 Å². The zero-order valence-electron chi connectivity index (χ0n) is 14.9. The maximum absolute atomic E-state index is 13.0. The molecule has 0 unspecified atom stereocenters. The molecule has 0 N–H and O–H groups in total. The van der Waals surface area contributed by atoms with Gasteiger partial charge in [0.15, 0.2) is 0 Å². The van der Waals surface area contributed by atoms with Gasteiger partial charge in [-0.1, -0.05) is 17.7 Å². The van der Waals surface area contributed by atoms with Gasteiger partial charge in [0.25, 0.3) is 0 Å². The summed E-state index contributed by atoms with van der Waals surface area (Å²) in [5.74, 6) is 0.652. The number of fused-ring (bicyclic) bond motifs is 1. The van der Waals surface area contributed by atoms with Crippen molar-refractivity contribution in [2.24, 2.45) is 0 Å². The quantitative estimate of drug-likeness (QED) is 0.675. The van der Waals surface area contributed by atoms with E-state index < -0.39 is 10.0 Å². The van der Waals surface area contributed by atoms with Crippen LogP contribution in [0.4, 0.5) is 0 Å².